The van der Waals surface area contributed by atoms with Crippen LogP contribution in [0.25, 0.3) is 0 Å². The van der Waals surface area contributed by atoms with Crippen molar-refractivity contribution in [3.63, 3.8) is 0 Å². The second-order valence-corrected chi connectivity index (χ2v) is 7.37. The van der Waals surface area contributed by atoms with Crippen molar-refractivity contribution in [2.45, 2.75) is 84.1 Å². The Hall–Kier alpha value is -1.10. The van der Waals surface area contributed by atoms with Crippen molar-refractivity contribution < 1.29 is 19.2 Å². The molecule has 24 heavy (non-hydrogen) atoms. The highest BCUT2D eigenvalue weighted by atomic mass is 16.4. The van der Waals surface area contributed by atoms with Crippen molar-refractivity contribution in [1.82, 2.24) is 5.32 Å². The lowest BCUT2D eigenvalue weighted by molar-refractivity contribution is -0.899. The van der Waals surface area contributed by atoms with E-state index in [9.17, 15) is 9.59 Å². The second kappa shape index (κ2) is 13.2. The average Bonchev–Trinajstić information content (AvgIpc) is 2.48. The topological polar surface area (TPSA) is 66.4 Å². The maximum absolute atomic E-state index is 12.3. The summed E-state index contributed by atoms with van der Waals surface area (Å²) >= 11 is 0. The molecule has 0 aliphatic heterocycles. The molecule has 0 saturated carbocycles. The monoisotopic (exact) mass is 343 g/mol. The van der Waals surface area contributed by atoms with E-state index in [0.717, 1.165) is 12.8 Å². The van der Waals surface area contributed by atoms with Gasteiger partial charge in [-0.3, -0.25) is 4.79 Å². The first-order valence-corrected chi connectivity index (χ1v) is 9.67. The van der Waals surface area contributed by atoms with Gasteiger partial charge in [-0.2, -0.15) is 0 Å². The first-order valence-electron chi connectivity index (χ1n) is 9.67. The lowest BCUT2D eigenvalue weighted by Crippen LogP contribution is -2.58. The number of carboxylic acids is 1. The predicted molar refractivity (Wildman–Crippen MR) is 98.9 cm³/mol. The molecule has 5 heteroatoms. The fourth-order valence-electron chi connectivity index (χ4n) is 3.22. The Labute approximate surface area is 148 Å². The molecular weight excluding hydrogens is 304 g/mol. The van der Waals surface area contributed by atoms with Crippen molar-refractivity contribution in [2.75, 3.05) is 27.2 Å². The zero-order chi connectivity index (χ0) is 18.4. The lowest BCUT2D eigenvalue weighted by Gasteiger charge is -2.35. The molecule has 0 aliphatic rings. The number of amides is 1. The number of likely N-dealkylation sites (N-methyl/N-ethyl adjacent to an activating group) is 1. The summed E-state index contributed by atoms with van der Waals surface area (Å²) in [6.45, 7) is 4.83. The molecule has 0 aromatic heterocycles. The normalized spacial score (nSPS) is 12.8. The molecule has 0 radical (unpaired) electrons. The molecule has 0 heterocycles. The highest BCUT2D eigenvalue weighted by Crippen LogP contribution is 2.12. The number of hydrogen-bond donors (Lipinski definition) is 2. The van der Waals surface area contributed by atoms with Crippen LogP contribution in [0.15, 0.2) is 0 Å². The summed E-state index contributed by atoms with van der Waals surface area (Å²) in [7, 11) is 3.61. The Balaban J connectivity index is 3.85. The lowest BCUT2D eigenvalue weighted by atomic mass is 10.1. The Morgan fingerprint density at radius 3 is 1.88 bits per heavy atom. The smallest absolute Gasteiger partial charge is 0.359 e. The average molecular weight is 344 g/mol. The summed E-state index contributed by atoms with van der Waals surface area (Å²) in [5, 5.41) is 12.0. The predicted octanol–water partition coefficient (Wildman–Crippen LogP) is 3.57. The van der Waals surface area contributed by atoms with Crippen LogP contribution in [-0.4, -0.2) is 54.7 Å². The maximum Gasteiger partial charge on any atom is 0.359 e. The fraction of sp³-hybridized carbons (Fsp3) is 0.895. The van der Waals surface area contributed by atoms with Crippen LogP contribution in [0, 0.1) is 0 Å². The number of aliphatic carboxylic acids is 1. The van der Waals surface area contributed by atoms with Gasteiger partial charge >= 0.3 is 5.97 Å². The van der Waals surface area contributed by atoms with Gasteiger partial charge in [-0.05, 0) is 6.42 Å². The molecule has 0 spiro atoms. The van der Waals surface area contributed by atoms with E-state index in [-0.39, 0.29) is 23.0 Å². The number of nitrogens with one attached hydrogen (secondary N) is 1. The van der Waals surface area contributed by atoms with Gasteiger partial charge in [-0.1, -0.05) is 65.2 Å². The van der Waals surface area contributed by atoms with Crippen molar-refractivity contribution >= 4 is 11.9 Å². The van der Waals surface area contributed by atoms with Crippen molar-refractivity contribution in [1.29, 1.82) is 0 Å². The van der Waals surface area contributed by atoms with E-state index in [1.807, 2.05) is 6.92 Å². The molecule has 2 N–H and O–H groups in total. The van der Waals surface area contributed by atoms with Gasteiger partial charge in [0.05, 0.1) is 14.1 Å². The molecule has 142 valence electrons. The largest absolute Gasteiger partial charge is 0.477 e. The second-order valence-electron chi connectivity index (χ2n) is 7.37. The van der Waals surface area contributed by atoms with Crippen LogP contribution in [-0.2, 0) is 9.59 Å². The van der Waals surface area contributed by atoms with Crippen LogP contribution in [0.3, 0.4) is 0 Å². The molecule has 0 saturated heterocycles. The minimum atomic E-state index is -0.870. The SMILES string of the molecule is CCCCCCCCCCCNC(=O)C(CC)[N+](C)(C)CC(=O)O. The zero-order valence-electron chi connectivity index (χ0n) is 16.3. The van der Waals surface area contributed by atoms with Crippen LogP contribution in [0.5, 0.6) is 0 Å². The number of unbranched alkanes of at least 4 members (excludes halogenated alkanes) is 8. The molecule has 0 aliphatic carbocycles. The highest BCUT2D eigenvalue weighted by Gasteiger charge is 2.34. The number of rotatable bonds is 15. The number of carboxylic acid groups (broad SMARTS) is 1. The standard InChI is InChI=1S/C19H38N2O3/c1-5-7-8-9-10-11-12-13-14-15-20-19(24)17(6-2)21(3,4)16-18(22)23/h17H,5-16H2,1-4H3,(H-,20,22,23,24)/p+1. The molecule has 0 aromatic carbocycles. The van der Waals surface area contributed by atoms with Crippen molar-refractivity contribution in [3.05, 3.63) is 0 Å². The molecular formula is C19H39N2O3+. The summed E-state index contributed by atoms with van der Waals surface area (Å²) in [6, 6.07) is -0.306. The van der Waals surface area contributed by atoms with Gasteiger partial charge in [0, 0.05) is 13.0 Å². The van der Waals surface area contributed by atoms with E-state index in [2.05, 4.69) is 12.2 Å². The first kappa shape index (κ1) is 22.9. The van der Waals surface area contributed by atoms with Crippen molar-refractivity contribution in [3.8, 4) is 0 Å². The van der Waals surface area contributed by atoms with Crippen LogP contribution in [0.1, 0.15) is 78.1 Å². The Morgan fingerprint density at radius 2 is 1.42 bits per heavy atom. The van der Waals surface area contributed by atoms with Gasteiger partial charge in [0.25, 0.3) is 5.91 Å². The number of carbonyl (C=O) groups excluding carboxylic acids is 1. The molecule has 0 aromatic rings. The minimum absolute atomic E-state index is 0.0247. The third kappa shape index (κ3) is 10.6. The van der Waals surface area contributed by atoms with Gasteiger partial charge in [0.2, 0.25) is 0 Å². The number of quaternary nitrogens is 1. The van der Waals surface area contributed by atoms with Crippen LogP contribution in [0.2, 0.25) is 0 Å². The quantitative estimate of drug-likeness (QED) is 0.353. The summed E-state index contributed by atoms with van der Waals surface area (Å²) in [5.41, 5.74) is 0. The third-order valence-electron chi connectivity index (χ3n) is 4.66. The van der Waals surface area contributed by atoms with E-state index < -0.39 is 5.97 Å². The number of carbonyl (C=O) groups is 2. The Kier molecular flexibility index (Phi) is 12.6. The fourth-order valence-corrected chi connectivity index (χ4v) is 3.22. The van der Waals surface area contributed by atoms with E-state index in [0.29, 0.717) is 13.0 Å². The third-order valence-corrected chi connectivity index (χ3v) is 4.66. The molecule has 5 nitrogen and oxygen atoms in total. The van der Waals surface area contributed by atoms with Gasteiger partial charge in [0.1, 0.15) is 0 Å². The Bertz CT molecular complexity index is 357. The molecule has 1 atom stereocenters. The zero-order valence-corrected chi connectivity index (χ0v) is 16.3. The summed E-state index contributed by atoms with van der Waals surface area (Å²) in [4.78, 5) is 23.3. The molecule has 1 unspecified atom stereocenters. The Morgan fingerprint density at radius 1 is 0.917 bits per heavy atom. The summed E-state index contributed by atoms with van der Waals surface area (Å²) in [5.74, 6) is -0.895. The van der Waals surface area contributed by atoms with Crippen LogP contribution >= 0.6 is 0 Å². The van der Waals surface area contributed by atoms with Crippen LogP contribution < -0.4 is 5.32 Å². The summed E-state index contributed by atoms with van der Waals surface area (Å²) < 4.78 is 0.190. The van der Waals surface area contributed by atoms with E-state index in [1.165, 1.54) is 44.9 Å². The van der Waals surface area contributed by atoms with E-state index >= 15 is 0 Å². The van der Waals surface area contributed by atoms with Gasteiger partial charge < -0.3 is 14.9 Å². The van der Waals surface area contributed by atoms with Gasteiger partial charge in [-0.15, -0.1) is 0 Å². The molecule has 0 fully saturated rings. The summed E-state index contributed by atoms with van der Waals surface area (Å²) in [6.07, 6.45) is 12.0. The highest BCUT2D eigenvalue weighted by molar-refractivity contribution is 5.81. The number of nitrogens with zero attached hydrogens (tertiary/aromatic N) is 1. The minimum Gasteiger partial charge on any atom is -0.477 e. The first-order chi connectivity index (χ1) is 11.3. The van der Waals surface area contributed by atoms with Gasteiger partial charge in [0.15, 0.2) is 12.6 Å². The van der Waals surface area contributed by atoms with Crippen molar-refractivity contribution in [2.24, 2.45) is 0 Å². The van der Waals surface area contributed by atoms with Gasteiger partial charge in [-0.25, -0.2) is 4.79 Å². The molecule has 1 amide bonds. The van der Waals surface area contributed by atoms with Crippen LogP contribution in [0.4, 0.5) is 0 Å². The van der Waals surface area contributed by atoms with E-state index in [4.69, 9.17) is 5.11 Å². The van der Waals surface area contributed by atoms with E-state index in [1.54, 1.807) is 14.1 Å². The molecule has 0 bridgehead atoms. The maximum atomic E-state index is 12.3. The molecule has 0 rings (SSSR count). The number of hydrogen-bond acceptors (Lipinski definition) is 2.